The van der Waals surface area contributed by atoms with Gasteiger partial charge in [-0.2, -0.15) is 0 Å². The number of hydrogen-bond acceptors (Lipinski definition) is 3. The van der Waals surface area contributed by atoms with Crippen molar-refractivity contribution >= 4 is 17.6 Å². The number of anilines is 1. The van der Waals surface area contributed by atoms with Gasteiger partial charge >= 0.3 is 6.03 Å². The second kappa shape index (κ2) is 8.87. The summed E-state index contributed by atoms with van der Waals surface area (Å²) < 4.78 is 26.9. The van der Waals surface area contributed by atoms with Gasteiger partial charge in [-0.3, -0.25) is 9.59 Å². The number of H-pyrrole nitrogens is 1. The fraction of sp³-hybridized carbons (Fsp3) is 0.409. The Morgan fingerprint density at radius 3 is 2.52 bits per heavy atom. The topological polar surface area (TPSA) is 103 Å². The summed E-state index contributed by atoms with van der Waals surface area (Å²) >= 11 is 0. The average Bonchev–Trinajstić information content (AvgIpc) is 3.22. The van der Waals surface area contributed by atoms with Crippen LogP contribution in [0.25, 0.3) is 0 Å². The van der Waals surface area contributed by atoms with Crippen molar-refractivity contribution in [3.63, 3.8) is 0 Å². The molecule has 1 atom stereocenters. The molecular formula is C22H24F2N4O3. The summed E-state index contributed by atoms with van der Waals surface area (Å²) in [6.45, 7) is 0. The van der Waals surface area contributed by atoms with Crippen molar-refractivity contribution in [1.29, 1.82) is 0 Å². The van der Waals surface area contributed by atoms with Gasteiger partial charge in [-0.25, -0.2) is 13.6 Å². The highest BCUT2D eigenvalue weighted by atomic mass is 19.1. The van der Waals surface area contributed by atoms with E-state index in [1.807, 2.05) is 0 Å². The predicted octanol–water partition coefficient (Wildman–Crippen LogP) is 3.52. The van der Waals surface area contributed by atoms with E-state index in [1.165, 1.54) is 0 Å². The lowest BCUT2D eigenvalue weighted by atomic mass is 9.90. The molecule has 1 unspecified atom stereocenters. The monoisotopic (exact) mass is 430 g/mol. The van der Waals surface area contributed by atoms with Crippen molar-refractivity contribution < 1.29 is 18.4 Å². The minimum absolute atomic E-state index is 0.0179. The van der Waals surface area contributed by atoms with Crippen LogP contribution < -0.4 is 21.5 Å². The average molecular weight is 430 g/mol. The van der Waals surface area contributed by atoms with E-state index >= 15 is 0 Å². The SMILES string of the molecule is O=C(Nc1ccc(F)cc1F)NC1CCCc2[nH]c(=O)c(C(=O)NC3CCCC3)cc21. The Kier molecular flexibility index (Phi) is 6.01. The first-order chi connectivity index (χ1) is 14.9. The minimum atomic E-state index is -0.880. The third-order valence-electron chi connectivity index (χ3n) is 5.87. The van der Waals surface area contributed by atoms with Crippen LogP contribution >= 0.6 is 0 Å². The van der Waals surface area contributed by atoms with Gasteiger partial charge in [0.05, 0.1) is 11.7 Å². The van der Waals surface area contributed by atoms with Gasteiger partial charge in [-0.1, -0.05) is 12.8 Å². The number of benzene rings is 1. The number of nitrogens with one attached hydrogen (secondary N) is 4. The lowest BCUT2D eigenvalue weighted by molar-refractivity contribution is 0.0936. The van der Waals surface area contributed by atoms with E-state index in [0.717, 1.165) is 44.2 Å². The number of aryl methyl sites for hydroxylation is 1. The molecule has 4 N–H and O–H groups in total. The Labute approximate surface area is 177 Å². The first-order valence-electron chi connectivity index (χ1n) is 10.5. The van der Waals surface area contributed by atoms with Crippen molar-refractivity contribution in [2.75, 3.05) is 5.32 Å². The molecule has 9 heteroatoms. The molecule has 1 heterocycles. The van der Waals surface area contributed by atoms with E-state index in [4.69, 9.17) is 0 Å². The Bertz CT molecular complexity index is 1060. The van der Waals surface area contributed by atoms with Crippen LogP contribution in [0, 0.1) is 11.6 Å². The predicted molar refractivity (Wildman–Crippen MR) is 111 cm³/mol. The van der Waals surface area contributed by atoms with Crippen LogP contribution in [0.4, 0.5) is 19.3 Å². The first kappa shape index (κ1) is 21.0. The molecule has 31 heavy (non-hydrogen) atoms. The molecule has 0 spiro atoms. The van der Waals surface area contributed by atoms with Crippen LogP contribution in [-0.2, 0) is 6.42 Å². The smallest absolute Gasteiger partial charge is 0.319 e. The van der Waals surface area contributed by atoms with Gasteiger partial charge in [-0.05, 0) is 55.9 Å². The maximum absolute atomic E-state index is 13.8. The number of rotatable bonds is 4. The number of pyridine rings is 1. The van der Waals surface area contributed by atoms with Gasteiger partial charge in [-0.15, -0.1) is 0 Å². The highest BCUT2D eigenvalue weighted by molar-refractivity contribution is 5.94. The standard InChI is InChI=1S/C22H24F2N4O3/c23-12-8-9-19(16(24)10-12)28-22(31)27-18-7-3-6-17-14(18)11-15(21(30)26-17)20(29)25-13-4-1-2-5-13/h8-11,13,18H,1-7H2,(H,25,29)(H,26,30)(H2,27,28,31). The fourth-order valence-corrected chi connectivity index (χ4v) is 4.30. The van der Waals surface area contributed by atoms with Crippen LogP contribution in [0.2, 0.25) is 0 Å². The van der Waals surface area contributed by atoms with Crippen molar-refractivity contribution in [1.82, 2.24) is 15.6 Å². The molecule has 1 fully saturated rings. The lowest BCUT2D eigenvalue weighted by Gasteiger charge is -2.26. The van der Waals surface area contributed by atoms with Crippen LogP contribution in [0.1, 0.15) is 66.2 Å². The molecule has 0 saturated heterocycles. The lowest BCUT2D eigenvalue weighted by Crippen LogP contribution is -2.38. The summed E-state index contributed by atoms with van der Waals surface area (Å²) in [7, 11) is 0. The number of fused-ring (bicyclic) bond motifs is 1. The molecule has 3 amide bonds. The van der Waals surface area contributed by atoms with E-state index in [2.05, 4.69) is 20.9 Å². The van der Waals surface area contributed by atoms with Gasteiger partial charge in [0.15, 0.2) is 0 Å². The van der Waals surface area contributed by atoms with E-state index < -0.39 is 35.2 Å². The largest absolute Gasteiger partial charge is 0.349 e. The summed E-state index contributed by atoms with van der Waals surface area (Å²) in [5.41, 5.74) is 0.758. The summed E-state index contributed by atoms with van der Waals surface area (Å²) in [6, 6.07) is 3.38. The number of urea groups is 1. The highest BCUT2D eigenvalue weighted by Crippen LogP contribution is 2.29. The molecule has 164 valence electrons. The van der Waals surface area contributed by atoms with Crippen LogP contribution in [-0.4, -0.2) is 23.0 Å². The second-order valence-electron chi connectivity index (χ2n) is 8.07. The van der Waals surface area contributed by atoms with Crippen LogP contribution in [0.3, 0.4) is 0 Å². The number of aromatic nitrogens is 1. The number of amides is 3. The molecule has 0 bridgehead atoms. The maximum Gasteiger partial charge on any atom is 0.319 e. The second-order valence-corrected chi connectivity index (χ2v) is 8.07. The fourth-order valence-electron chi connectivity index (χ4n) is 4.30. The van der Waals surface area contributed by atoms with E-state index in [9.17, 15) is 23.2 Å². The number of carbonyl (C=O) groups is 2. The van der Waals surface area contributed by atoms with Gasteiger partial charge in [0.25, 0.3) is 11.5 Å². The van der Waals surface area contributed by atoms with Crippen LogP contribution in [0.15, 0.2) is 29.1 Å². The molecule has 2 aromatic rings. The van der Waals surface area contributed by atoms with Gasteiger partial charge in [0, 0.05) is 17.8 Å². The molecule has 1 aromatic heterocycles. The van der Waals surface area contributed by atoms with Gasteiger partial charge in [0.2, 0.25) is 0 Å². The summed E-state index contributed by atoms with van der Waals surface area (Å²) in [4.78, 5) is 40.3. The summed E-state index contributed by atoms with van der Waals surface area (Å²) in [5.74, 6) is -2.04. The molecule has 1 saturated carbocycles. The maximum atomic E-state index is 13.8. The molecule has 4 rings (SSSR count). The van der Waals surface area contributed by atoms with Crippen LogP contribution in [0.5, 0.6) is 0 Å². The zero-order chi connectivity index (χ0) is 22.0. The molecular weight excluding hydrogens is 406 g/mol. The quantitative estimate of drug-likeness (QED) is 0.597. The van der Waals surface area contributed by atoms with Crippen molar-refractivity contribution in [3.8, 4) is 0 Å². The number of hydrogen-bond donors (Lipinski definition) is 4. The van der Waals surface area contributed by atoms with Gasteiger partial charge < -0.3 is 20.9 Å². The molecule has 0 aliphatic heterocycles. The van der Waals surface area contributed by atoms with E-state index in [-0.39, 0.29) is 17.3 Å². The third kappa shape index (κ3) is 4.76. The molecule has 1 aromatic carbocycles. The van der Waals surface area contributed by atoms with E-state index in [0.29, 0.717) is 30.2 Å². The minimum Gasteiger partial charge on any atom is -0.349 e. The Morgan fingerprint density at radius 2 is 1.77 bits per heavy atom. The molecule has 2 aliphatic rings. The van der Waals surface area contributed by atoms with Gasteiger partial charge in [0.1, 0.15) is 17.2 Å². The number of halogens is 2. The molecule has 0 radical (unpaired) electrons. The Morgan fingerprint density at radius 1 is 1.00 bits per heavy atom. The van der Waals surface area contributed by atoms with Crippen molar-refractivity contribution in [2.45, 2.75) is 57.0 Å². The summed E-state index contributed by atoms with van der Waals surface area (Å²) in [5, 5.41) is 8.04. The zero-order valence-corrected chi connectivity index (χ0v) is 16.9. The molecule has 7 nitrogen and oxygen atoms in total. The first-order valence-corrected chi connectivity index (χ1v) is 10.5. The summed E-state index contributed by atoms with van der Waals surface area (Å²) in [6.07, 6.45) is 5.87. The van der Waals surface area contributed by atoms with E-state index in [1.54, 1.807) is 6.07 Å². The Hall–Kier alpha value is -3.23. The zero-order valence-electron chi connectivity index (χ0n) is 16.9. The number of aromatic amines is 1. The third-order valence-corrected chi connectivity index (χ3v) is 5.87. The normalized spacial score (nSPS) is 18.3. The highest BCUT2D eigenvalue weighted by Gasteiger charge is 2.27. The Balaban J connectivity index is 1.51. The number of carbonyl (C=O) groups excluding carboxylic acids is 2. The molecule has 2 aliphatic carbocycles. The van der Waals surface area contributed by atoms with Crippen molar-refractivity contribution in [3.05, 3.63) is 63.1 Å². The van der Waals surface area contributed by atoms with Crippen molar-refractivity contribution in [2.24, 2.45) is 0 Å².